The van der Waals surface area contributed by atoms with Gasteiger partial charge < -0.3 is 14.8 Å². The van der Waals surface area contributed by atoms with Crippen LogP contribution in [0.1, 0.15) is 85.3 Å². The molecular formula is C24H37NO5S. The summed E-state index contributed by atoms with van der Waals surface area (Å²) >= 11 is 1.66. The predicted octanol–water partition coefficient (Wildman–Crippen LogP) is 5.44. The first-order valence-electron chi connectivity index (χ1n) is 11.0. The Morgan fingerprint density at radius 3 is 2.23 bits per heavy atom. The average molecular weight is 452 g/mol. The number of nitrogens with one attached hydrogen (secondary N) is 1. The molecule has 1 rings (SSSR count). The van der Waals surface area contributed by atoms with E-state index in [0.717, 1.165) is 22.6 Å². The molecule has 0 saturated carbocycles. The Bertz CT molecular complexity index is 735. The maximum Gasteiger partial charge on any atom is 0.308 e. The normalized spacial score (nSPS) is 12.9. The highest BCUT2D eigenvalue weighted by Gasteiger charge is 2.30. The van der Waals surface area contributed by atoms with Crippen molar-refractivity contribution < 1.29 is 23.9 Å². The number of carbonyl (C=O) groups excluding carboxylic acids is 3. The summed E-state index contributed by atoms with van der Waals surface area (Å²) in [5, 5.41) is 2.89. The lowest BCUT2D eigenvalue weighted by Crippen LogP contribution is -2.40. The van der Waals surface area contributed by atoms with Crippen molar-refractivity contribution in [2.24, 2.45) is 5.92 Å². The van der Waals surface area contributed by atoms with Crippen molar-refractivity contribution in [1.82, 2.24) is 5.32 Å². The van der Waals surface area contributed by atoms with Gasteiger partial charge in [-0.1, -0.05) is 52.5 Å². The van der Waals surface area contributed by atoms with Crippen LogP contribution in [0.3, 0.4) is 0 Å². The maximum absolute atomic E-state index is 11.9. The van der Waals surface area contributed by atoms with E-state index < -0.39 is 24.1 Å². The Kier molecular flexibility index (Phi) is 12.3. The molecule has 1 amide bonds. The van der Waals surface area contributed by atoms with E-state index in [9.17, 15) is 14.4 Å². The quantitative estimate of drug-likeness (QED) is 0.186. The van der Waals surface area contributed by atoms with E-state index in [2.05, 4.69) is 12.2 Å². The molecular weight excluding hydrogens is 414 g/mol. The second kappa shape index (κ2) is 14.1. The number of unbranched alkanes of at least 4 members (excludes halogenated alkanes) is 4. The molecule has 0 aromatic heterocycles. The van der Waals surface area contributed by atoms with E-state index in [-0.39, 0.29) is 11.8 Å². The third kappa shape index (κ3) is 10.2. The first kappa shape index (κ1) is 27.0. The Balaban J connectivity index is 3.14. The van der Waals surface area contributed by atoms with Gasteiger partial charge in [-0.15, -0.1) is 11.8 Å². The van der Waals surface area contributed by atoms with Crippen LogP contribution in [-0.4, -0.2) is 29.7 Å². The van der Waals surface area contributed by atoms with Gasteiger partial charge in [-0.25, -0.2) is 0 Å². The third-order valence-electron chi connectivity index (χ3n) is 4.73. The molecule has 0 saturated heterocycles. The van der Waals surface area contributed by atoms with Gasteiger partial charge in [0.2, 0.25) is 5.91 Å². The predicted molar refractivity (Wildman–Crippen MR) is 124 cm³/mol. The molecule has 0 heterocycles. The lowest BCUT2D eigenvalue weighted by molar-refractivity contribution is -0.151. The number of esters is 2. The van der Waals surface area contributed by atoms with Crippen molar-refractivity contribution in [3.63, 3.8) is 0 Å². The molecule has 0 bridgehead atoms. The molecule has 0 aliphatic carbocycles. The highest BCUT2D eigenvalue weighted by molar-refractivity contribution is 7.99. The summed E-state index contributed by atoms with van der Waals surface area (Å²) in [7, 11) is 0. The van der Waals surface area contributed by atoms with Crippen LogP contribution in [0.25, 0.3) is 0 Å². The van der Waals surface area contributed by atoms with Crippen molar-refractivity contribution in [3.05, 3.63) is 23.8 Å². The van der Waals surface area contributed by atoms with Gasteiger partial charge in [0.1, 0.15) is 11.9 Å². The molecule has 2 atom stereocenters. The minimum absolute atomic E-state index is 0.0323. The Hall–Kier alpha value is -2.02. The number of thioether (sulfide) groups is 1. The van der Waals surface area contributed by atoms with Crippen LogP contribution in [0.15, 0.2) is 23.1 Å². The minimum Gasteiger partial charge on any atom is -0.460 e. The summed E-state index contributed by atoms with van der Waals surface area (Å²) in [6.45, 7) is 10.2. The Morgan fingerprint density at radius 2 is 1.68 bits per heavy atom. The van der Waals surface area contributed by atoms with Crippen LogP contribution in [0.2, 0.25) is 0 Å². The van der Waals surface area contributed by atoms with Crippen LogP contribution in [0, 0.1) is 5.92 Å². The fourth-order valence-electron chi connectivity index (χ4n) is 3.31. The zero-order chi connectivity index (χ0) is 23.4. The molecule has 1 aromatic carbocycles. The van der Waals surface area contributed by atoms with Crippen LogP contribution in [0.4, 0.5) is 0 Å². The molecule has 0 fully saturated rings. The number of benzene rings is 1. The van der Waals surface area contributed by atoms with Crippen LogP contribution >= 0.6 is 11.8 Å². The molecule has 0 aliphatic heterocycles. The second-order valence-corrected chi connectivity index (χ2v) is 9.20. The van der Waals surface area contributed by atoms with Crippen molar-refractivity contribution >= 4 is 29.6 Å². The Morgan fingerprint density at radius 1 is 1.00 bits per heavy atom. The molecule has 2 unspecified atom stereocenters. The van der Waals surface area contributed by atoms with Gasteiger partial charge in [-0.3, -0.25) is 14.4 Å². The van der Waals surface area contributed by atoms with Gasteiger partial charge >= 0.3 is 11.9 Å². The number of amides is 1. The molecule has 31 heavy (non-hydrogen) atoms. The zero-order valence-electron chi connectivity index (χ0n) is 19.7. The largest absolute Gasteiger partial charge is 0.460 e. The molecule has 174 valence electrons. The fourth-order valence-corrected chi connectivity index (χ4v) is 4.29. The monoisotopic (exact) mass is 451 g/mol. The smallest absolute Gasteiger partial charge is 0.308 e. The van der Waals surface area contributed by atoms with Gasteiger partial charge in [-0.2, -0.15) is 0 Å². The number of carbonyl (C=O) groups is 3. The SMILES string of the molecule is CCCCCCCSc1ccc(C(NC(C)=O)C(OC(C)=O)C(C)C)cc1OC(C)=O. The fraction of sp³-hybridized carbons (Fsp3) is 0.625. The minimum atomic E-state index is -0.552. The van der Waals surface area contributed by atoms with Crippen molar-refractivity contribution in [2.45, 2.75) is 90.7 Å². The van der Waals surface area contributed by atoms with Gasteiger partial charge in [0.25, 0.3) is 0 Å². The van der Waals surface area contributed by atoms with Crippen LogP contribution < -0.4 is 10.1 Å². The van der Waals surface area contributed by atoms with Crippen molar-refractivity contribution in [1.29, 1.82) is 0 Å². The first-order chi connectivity index (χ1) is 14.6. The van der Waals surface area contributed by atoms with Gasteiger partial charge in [0, 0.05) is 20.8 Å². The number of rotatable bonds is 13. The summed E-state index contributed by atoms with van der Waals surface area (Å²) in [5.41, 5.74) is 0.721. The van der Waals surface area contributed by atoms with Crippen LogP contribution in [0.5, 0.6) is 5.75 Å². The maximum atomic E-state index is 11.9. The molecule has 1 aromatic rings. The standard InChI is InChI=1S/C24H37NO5S/c1-7-8-9-10-11-14-31-22-13-12-20(15-21(22)29-18(5)27)23(25-17(4)26)24(16(2)3)30-19(6)28/h12-13,15-16,23-24H,7-11,14H2,1-6H3,(H,25,26). The van der Waals surface area contributed by atoms with Gasteiger partial charge in [0.05, 0.1) is 10.9 Å². The van der Waals surface area contributed by atoms with E-state index in [1.165, 1.54) is 46.5 Å². The topological polar surface area (TPSA) is 81.7 Å². The van der Waals surface area contributed by atoms with E-state index in [4.69, 9.17) is 9.47 Å². The lowest BCUT2D eigenvalue weighted by Gasteiger charge is -2.30. The summed E-state index contributed by atoms with van der Waals surface area (Å²) in [5.74, 6) is 0.318. The summed E-state index contributed by atoms with van der Waals surface area (Å²) < 4.78 is 11.0. The summed E-state index contributed by atoms with van der Waals surface area (Å²) in [6, 6.07) is 5.01. The van der Waals surface area contributed by atoms with Crippen molar-refractivity contribution in [2.75, 3.05) is 5.75 Å². The average Bonchev–Trinajstić information content (AvgIpc) is 2.67. The lowest BCUT2D eigenvalue weighted by atomic mass is 9.93. The van der Waals surface area contributed by atoms with E-state index in [1.54, 1.807) is 17.8 Å². The molecule has 0 radical (unpaired) electrons. The highest BCUT2D eigenvalue weighted by Crippen LogP contribution is 2.35. The van der Waals surface area contributed by atoms with E-state index >= 15 is 0 Å². The third-order valence-corrected chi connectivity index (χ3v) is 5.87. The summed E-state index contributed by atoms with van der Waals surface area (Å²) in [6.07, 6.45) is 5.43. The molecule has 0 aliphatic rings. The molecule has 0 spiro atoms. The van der Waals surface area contributed by atoms with Crippen LogP contribution in [-0.2, 0) is 19.1 Å². The van der Waals surface area contributed by atoms with Gasteiger partial charge in [0.15, 0.2) is 0 Å². The molecule has 7 heteroatoms. The van der Waals surface area contributed by atoms with E-state index in [1.807, 2.05) is 26.0 Å². The first-order valence-corrected chi connectivity index (χ1v) is 12.0. The number of hydrogen-bond acceptors (Lipinski definition) is 6. The molecule has 1 N–H and O–H groups in total. The molecule has 6 nitrogen and oxygen atoms in total. The number of hydrogen-bond donors (Lipinski definition) is 1. The highest BCUT2D eigenvalue weighted by atomic mass is 32.2. The summed E-state index contributed by atoms with van der Waals surface area (Å²) in [4.78, 5) is 36.1. The zero-order valence-corrected chi connectivity index (χ0v) is 20.5. The second-order valence-electron chi connectivity index (χ2n) is 8.06. The van der Waals surface area contributed by atoms with Gasteiger partial charge in [-0.05, 0) is 35.8 Å². The van der Waals surface area contributed by atoms with Crippen molar-refractivity contribution in [3.8, 4) is 5.75 Å². The van der Waals surface area contributed by atoms with E-state index in [0.29, 0.717) is 5.75 Å². The Labute approximate surface area is 190 Å². The number of ether oxygens (including phenoxy) is 2.